The van der Waals surface area contributed by atoms with Gasteiger partial charge in [-0.1, -0.05) is 24.2 Å². The lowest BCUT2D eigenvalue weighted by atomic mass is 10.2. The van der Waals surface area contributed by atoms with Gasteiger partial charge in [0.05, 0.1) is 5.69 Å². The summed E-state index contributed by atoms with van der Waals surface area (Å²) in [5, 5.41) is 6.75. The molecular weight excluding hydrogens is 327 g/mol. The van der Waals surface area contributed by atoms with Gasteiger partial charge in [-0.3, -0.25) is 14.2 Å². The van der Waals surface area contributed by atoms with Crippen molar-refractivity contribution in [3.63, 3.8) is 0 Å². The highest BCUT2D eigenvalue weighted by Crippen LogP contribution is 2.12. The Morgan fingerprint density at radius 1 is 1.32 bits per heavy atom. The van der Waals surface area contributed by atoms with Gasteiger partial charge in [-0.05, 0) is 24.6 Å². The second kappa shape index (κ2) is 6.84. The van der Waals surface area contributed by atoms with E-state index in [1.807, 2.05) is 6.92 Å². The topological polar surface area (TPSA) is 90.0 Å². The fourth-order valence-corrected chi connectivity index (χ4v) is 2.55. The minimum Gasteiger partial charge on any atom is -0.350 e. The van der Waals surface area contributed by atoms with Crippen LogP contribution in [0.4, 0.5) is 4.39 Å². The molecule has 7 nitrogen and oxygen atoms in total. The number of benzene rings is 1. The summed E-state index contributed by atoms with van der Waals surface area (Å²) in [6, 6.07) is 5.84. The molecule has 2 aromatic heterocycles. The quantitative estimate of drug-likeness (QED) is 0.761. The van der Waals surface area contributed by atoms with E-state index in [0.717, 1.165) is 5.56 Å². The number of carbonyl (C=O) groups excluding carboxylic acids is 1. The van der Waals surface area contributed by atoms with Gasteiger partial charge < -0.3 is 9.84 Å². The molecule has 1 aromatic carbocycles. The van der Waals surface area contributed by atoms with Crippen molar-refractivity contribution in [1.82, 2.24) is 20.0 Å². The van der Waals surface area contributed by atoms with Crippen LogP contribution in [0.25, 0.3) is 11.1 Å². The van der Waals surface area contributed by atoms with Gasteiger partial charge >= 0.3 is 0 Å². The van der Waals surface area contributed by atoms with Crippen molar-refractivity contribution in [2.24, 2.45) is 0 Å². The molecule has 0 bridgehead atoms. The van der Waals surface area contributed by atoms with Crippen LogP contribution in [-0.2, 0) is 24.3 Å². The van der Waals surface area contributed by atoms with E-state index in [1.165, 1.54) is 16.7 Å². The SMILES string of the molecule is CCc1nc2onc(C)c2c(=O)n1CC(=O)NCc1ccc(F)cc1. The first-order chi connectivity index (χ1) is 12.0. The first kappa shape index (κ1) is 16.8. The molecule has 3 rings (SSSR count). The molecule has 0 aliphatic rings. The predicted molar refractivity (Wildman–Crippen MR) is 88.4 cm³/mol. The van der Waals surface area contributed by atoms with Crippen LogP contribution in [0.3, 0.4) is 0 Å². The highest BCUT2D eigenvalue weighted by molar-refractivity contribution is 5.77. The fourth-order valence-electron chi connectivity index (χ4n) is 2.55. The van der Waals surface area contributed by atoms with Crippen LogP contribution in [0, 0.1) is 12.7 Å². The molecule has 0 saturated carbocycles. The number of fused-ring (bicyclic) bond motifs is 1. The number of hydrogen-bond acceptors (Lipinski definition) is 5. The molecule has 25 heavy (non-hydrogen) atoms. The van der Waals surface area contributed by atoms with Gasteiger partial charge in [0.15, 0.2) is 0 Å². The lowest BCUT2D eigenvalue weighted by molar-refractivity contribution is -0.121. The van der Waals surface area contributed by atoms with E-state index in [-0.39, 0.29) is 41.5 Å². The van der Waals surface area contributed by atoms with E-state index in [0.29, 0.717) is 17.9 Å². The summed E-state index contributed by atoms with van der Waals surface area (Å²) >= 11 is 0. The van der Waals surface area contributed by atoms with Crippen LogP contribution in [0.1, 0.15) is 24.0 Å². The second-order valence-electron chi connectivity index (χ2n) is 5.62. The largest absolute Gasteiger partial charge is 0.350 e. The third-order valence-electron chi connectivity index (χ3n) is 3.87. The van der Waals surface area contributed by atoms with Crippen molar-refractivity contribution in [3.8, 4) is 0 Å². The van der Waals surface area contributed by atoms with Gasteiger partial charge in [0.1, 0.15) is 23.6 Å². The normalized spacial score (nSPS) is 11.0. The van der Waals surface area contributed by atoms with E-state index in [2.05, 4.69) is 15.5 Å². The smallest absolute Gasteiger partial charge is 0.267 e. The first-order valence-electron chi connectivity index (χ1n) is 7.86. The highest BCUT2D eigenvalue weighted by atomic mass is 19.1. The number of carbonyl (C=O) groups is 1. The number of aryl methyl sites for hydroxylation is 2. The summed E-state index contributed by atoms with van der Waals surface area (Å²) < 4.78 is 19.3. The third kappa shape index (κ3) is 3.42. The van der Waals surface area contributed by atoms with Gasteiger partial charge in [-0.15, -0.1) is 0 Å². The van der Waals surface area contributed by atoms with Crippen molar-refractivity contribution in [2.45, 2.75) is 33.4 Å². The van der Waals surface area contributed by atoms with Crippen molar-refractivity contribution in [1.29, 1.82) is 0 Å². The maximum absolute atomic E-state index is 12.9. The Balaban J connectivity index is 1.80. The highest BCUT2D eigenvalue weighted by Gasteiger charge is 2.17. The summed E-state index contributed by atoms with van der Waals surface area (Å²) in [4.78, 5) is 29.1. The molecule has 0 atom stereocenters. The zero-order valence-electron chi connectivity index (χ0n) is 13.9. The summed E-state index contributed by atoms with van der Waals surface area (Å²) in [6.45, 7) is 3.58. The number of amides is 1. The molecular formula is C17H17FN4O3. The van der Waals surface area contributed by atoms with E-state index >= 15 is 0 Å². The Labute approximate surface area is 142 Å². The van der Waals surface area contributed by atoms with E-state index < -0.39 is 0 Å². The number of nitrogens with zero attached hydrogens (tertiary/aromatic N) is 3. The molecule has 130 valence electrons. The zero-order chi connectivity index (χ0) is 18.0. The minimum absolute atomic E-state index is 0.156. The number of rotatable bonds is 5. The Bertz CT molecular complexity index is 976. The lowest BCUT2D eigenvalue weighted by Gasteiger charge is -2.11. The Kier molecular flexibility index (Phi) is 4.60. The number of hydrogen-bond donors (Lipinski definition) is 1. The molecule has 0 aliphatic heterocycles. The average molecular weight is 344 g/mol. The predicted octanol–water partition coefficient (Wildman–Crippen LogP) is 1.71. The molecule has 1 amide bonds. The average Bonchev–Trinajstić information content (AvgIpc) is 2.97. The summed E-state index contributed by atoms with van der Waals surface area (Å²) in [5.74, 6) is -0.223. The second-order valence-corrected chi connectivity index (χ2v) is 5.62. The molecule has 0 unspecified atom stereocenters. The standard InChI is InChI=1S/C17H17FN4O3/c1-3-13-20-16-15(10(2)21-25-16)17(24)22(13)9-14(23)19-8-11-4-6-12(18)7-5-11/h4-7H,3,8-9H2,1-2H3,(H,19,23). The molecule has 0 radical (unpaired) electrons. The maximum Gasteiger partial charge on any atom is 0.267 e. The van der Waals surface area contributed by atoms with Crippen LogP contribution in [0.15, 0.2) is 33.6 Å². The van der Waals surface area contributed by atoms with Crippen LogP contribution in [0.5, 0.6) is 0 Å². The number of nitrogens with one attached hydrogen (secondary N) is 1. The van der Waals surface area contributed by atoms with Crippen molar-refractivity contribution in [2.75, 3.05) is 0 Å². The van der Waals surface area contributed by atoms with Gasteiger partial charge in [-0.2, -0.15) is 4.98 Å². The van der Waals surface area contributed by atoms with Crippen LogP contribution in [0.2, 0.25) is 0 Å². The third-order valence-corrected chi connectivity index (χ3v) is 3.87. The molecule has 2 heterocycles. The molecule has 8 heteroatoms. The number of halogens is 1. The molecule has 1 N–H and O–H groups in total. The molecule has 0 spiro atoms. The Hall–Kier alpha value is -3.03. The van der Waals surface area contributed by atoms with Crippen LogP contribution in [-0.4, -0.2) is 20.6 Å². The minimum atomic E-state index is -0.350. The monoisotopic (exact) mass is 344 g/mol. The van der Waals surface area contributed by atoms with E-state index in [1.54, 1.807) is 19.1 Å². The molecule has 0 fully saturated rings. The lowest BCUT2D eigenvalue weighted by Crippen LogP contribution is -2.34. The maximum atomic E-state index is 12.9. The zero-order valence-corrected chi connectivity index (χ0v) is 13.9. The molecule has 0 aliphatic carbocycles. The van der Waals surface area contributed by atoms with Gasteiger partial charge in [0, 0.05) is 13.0 Å². The number of aromatic nitrogens is 3. The molecule has 3 aromatic rings. The Morgan fingerprint density at radius 3 is 2.72 bits per heavy atom. The van der Waals surface area contributed by atoms with Crippen LogP contribution < -0.4 is 10.9 Å². The van der Waals surface area contributed by atoms with E-state index in [9.17, 15) is 14.0 Å². The molecule has 0 saturated heterocycles. The van der Waals surface area contributed by atoms with Crippen molar-refractivity contribution >= 4 is 17.0 Å². The summed E-state index contributed by atoms with van der Waals surface area (Å²) in [6.07, 6.45) is 0.468. The van der Waals surface area contributed by atoms with Gasteiger partial charge in [-0.25, -0.2) is 4.39 Å². The summed E-state index contributed by atoms with van der Waals surface area (Å²) in [7, 11) is 0. The van der Waals surface area contributed by atoms with Gasteiger partial charge in [0.2, 0.25) is 5.91 Å². The van der Waals surface area contributed by atoms with Crippen LogP contribution >= 0.6 is 0 Å². The summed E-state index contributed by atoms with van der Waals surface area (Å²) in [5.41, 5.74) is 1.04. The Morgan fingerprint density at radius 2 is 2.04 bits per heavy atom. The van der Waals surface area contributed by atoms with E-state index in [4.69, 9.17) is 4.52 Å². The fraction of sp³-hybridized carbons (Fsp3) is 0.294. The van der Waals surface area contributed by atoms with Crippen molar-refractivity contribution in [3.05, 3.63) is 57.5 Å². The van der Waals surface area contributed by atoms with Gasteiger partial charge in [0.25, 0.3) is 11.3 Å². The van der Waals surface area contributed by atoms with Crippen molar-refractivity contribution < 1.29 is 13.7 Å². The first-order valence-corrected chi connectivity index (χ1v) is 7.86.